The molecule has 3 N–H and O–H groups in total. The third-order valence-corrected chi connectivity index (χ3v) is 10.6. The number of unbranched alkanes of at least 4 members (excludes halogenated alkanes) is 18. The van der Waals surface area contributed by atoms with Crippen LogP contribution in [-0.4, -0.2) is 49.3 Å². The van der Waals surface area contributed by atoms with Crippen molar-refractivity contribution >= 4 is 19.8 Å². The maximum Gasteiger partial charge on any atom is 0.472 e. The summed E-state index contributed by atoms with van der Waals surface area (Å²) >= 11 is 0. The molecule has 340 valence electrons. The lowest BCUT2D eigenvalue weighted by atomic mass is 10.0. The zero-order chi connectivity index (χ0) is 43.2. The van der Waals surface area contributed by atoms with Crippen LogP contribution in [0.5, 0.6) is 0 Å². The van der Waals surface area contributed by atoms with Crippen LogP contribution in [0.2, 0.25) is 0 Å². The van der Waals surface area contributed by atoms with Crippen molar-refractivity contribution in [2.75, 3.05) is 26.4 Å². The van der Waals surface area contributed by atoms with E-state index in [1.165, 1.54) is 103 Å². The van der Waals surface area contributed by atoms with Crippen molar-refractivity contribution in [3.63, 3.8) is 0 Å². The van der Waals surface area contributed by atoms with Gasteiger partial charge in [0, 0.05) is 19.4 Å². The van der Waals surface area contributed by atoms with Gasteiger partial charge in [0.05, 0.1) is 13.2 Å². The van der Waals surface area contributed by atoms with Crippen molar-refractivity contribution < 1.29 is 37.6 Å². The van der Waals surface area contributed by atoms with Gasteiger partial charge in [0.2, 0.25) is 0 Å². The van der Waals surface area contributed by atoms with Crippen LogP contribution in [0.3, 0.4) is 0 Å². The number of allylic oxidation sites excluding steroid dienone is 12. The summed E-state index contributed by atoms with van der Waals surface area (Å²) in [6, 6.07) is 0. The fourth-order valence-corrected chi connectivity index (χ4v) is 6.96. The molecule has 0 rings (SSSR count). The standard InChI is InChI=1S/C49H86NO8P/c1-3-5-7-9-11-13-15-17-19-21-23-25-27-29-31-33-35-37-39-41-48(51)55-45-47(46-57-59(53,54)56-44-43-50)58-49(52)42-40-38-36-34-32-30-28-26-24-22-20-18-16-14-12-10-8-6-4-2/h6,8,12,14,18,20,24,26,30,32,36,38,47H,3-5,7,9-11,13,15-17,19,21-23,25,27-29,31,33-35,37,39-46,50H2,1-2H3,(H,53,54)/b8-6-,14-12-,20-18-,26-24-,32-30-,38-36-. The highest BCUT2D eigenvalue weighted by Gasteiger charge is 2.25. The SMILES string of the molecule is CC/C=C\C/C=C\C/C=C\C/C=C\C/C=C\C/C=C\CCC(=O)OC(COC(=O)CCCCCCCCCCCCCCCCCCCCC)COP(=O)(O)OCCN. The lowest BCUT2D eigenvalue weighted by molar-refractivity contribution is -0.161. The normalized spacial score (nSPS) is 13.9. The number of carbonyl (C=O) groups excluding carboxylic acids is 2. The first kappa shape index (κ1) is 56.5. The van der Waals surface area contributed by atoms with E-state index in [-0.39, 0.29) is 32.6 Å². The van der Waals surface area contributed by atoms with Crippen LogP contribution in [0.1, 0.15) is 194 Å². The fourth-order valence-electron chi connectivity index (χ4n) is 6.19. The first-order valence-electron chi connectivity index (χ1n) is 23.4. The molecule has 0 radical (unpaired) electrons. The zero-order valence-corrected chi connectivity index (χ0v) is 38.4. The molecule has 2 unspecified atom stereocenters. The van der Waals surface area contributed by atoms with Gasteiger partial charge in [0.15, 0.2) is 6.10 Å². The summed E-state index contributed by atoms with van der Waals surface area (Å²) in [6.45, 7) is 3.54. The number of phosphoric acid groups is 1. The van der Waals surface area contributed by atoms with Crippen LogP contribution in [-0.2, 0) is 32.7 Å². The number of rotatable bonds is 43. The Bertz CT molecular complexity index is 1190. The van der Waals surface area contributed by atoms with Gasteiger partial charge in [0.1, 0.15) is 6.61 Å². The zero-order valence-electron chi connectivity index (χ0n) is 37.5. The smallest absolute Gasteiger partial charge is 0.462 e. The highest BCUT2D eigenvalue weighted by molar-refractivity contribution is 7.47. The Morgan fingerprint density at radius 2 is 0.932 bits per heavy atom. The Hall–Kier alpha value is -2.55. The monoisotopic (exact) mass is 848 g/mol. The van der Waals surface area contributed by atoms with Gasteiger partial charge in [-0.1, -0.05) is 202 Å². The Kier molecular flexibility index (Phi) is 43.0. The van der Waals surface area contributed by atoms with E-state index in [4.69, 9.17) is 24.3 Å². The molecule has 0 amide bonds. The van der Waals surface area contributed by atoms with E-state index >= 15 is 0 Å². The van der Waals surface area contributed by atoms with Gasteiger partial charge < -0.3 is 20.1 Å². The molecule has 0 aromatic heterocycles. The molecule has 0 aromatic carbocycles. The molecule has 10 heteroatoms. The van der Waals surface area contributed by atoms with E-state index in [1.54, 1.807) is 0 Å². The molecule has 9 nitrogen and oxygen atoms in total. The highest BCUT2D eigenvalue weighted by atomic mass is 31.2. The second-order valence-electron chi connectivity index (χ2n) is 15.2. The van der Waals surface area contributed by atoms with E-state index in [2.05, 4.69) is 74.6 Å². The number of ether oxygens (including phenoxy) is 2. The van der Waals surface area contributed by atoms with E-state index in [1.807, 2.05) is 12.2 Å². The molecular weight excluding hydrogens is 762 g/mol. The molecule has 0 bridgehead atoms. The molecule has 0 spiro atoms. The lowest BCUT2D eigenvalue weighted by Crippen LogP contribution is -2.29. The van der Waals surface area contributed by atoms with Crippen molar-refractivity contribution in [1.82, 2.24) is 0 Å². The van der Waals surface area contributed by atoms with Crippen LogP contribution in [0.4, 0.5) is 0 Å². The van der Waals surface area contributed by atoms with Gasteiger partial charge in [0.25, 0.3) is 0 Å². The van der Waals surface area contributed by atoms with E-state index in [0.29, 0.717) is 6.42 Å². The van der Waals surface area contributed by atoms with Crippen molar-refractivity contribution in [1.29, 1.82) is 0 Å². The molecule has 0 fully saturated rings. The van der Waals surface area contributed by atoms with Gasteiger partial charge in [-0.15, -0.1) is 0 Å². The maximum atomic E-state index is 12.6. The molecule has 0 heterocycles. The number of esters is 2. The summed E-state index contributed by atoms with van der Waals surface area (Å²) in [4.78, 5) is 34.9. The third kappa shape index (κ3) is 44.8. The quantitative estimate of drug-likeness (QED) is 0.0266. The minimum atomic E-state index is -4.40. The summed E-state index contributed by atoms with van der Waals surface area (Å²) in [5, 5.41) is 0. The number of carbonyl (C=O) groups is 2. The Labute approximate surface area is 361 Å². The summed E-state index contributed by atoms with van der Waals surface area (Å²) < 4.78 is 32.8. The predicted molar refractivity (Wildman–Crippen MR) is 247 cm³/mol. The Morgan fingerprint density at radius 3 is 1.36 bits per heavy atom. The number of phosphoric ester groups is 1. The first-order chi connectivity index (χ1) is 28.8. The van der Waals surface area contributed by atoms with Crippen LogP contribution >= 0.6 is 7.82 Å². The van der Waals surface area contributed by atoms with Crippen LogP contribution in [0.25, 0.3) is 0 Å². The summed E-state index contributed by atoms with van der Waals surface area (Å²) in [6.07, 6.45) is 55.2. The number of hydrogen-bond acceptors (Lipinski definition) is 8. The molecule has 2 atom stereocenters. The fraction of sp³-hybridized carbons (Fsp3) is 0.714. The summed E-state index contributed by atoms with van der Waals surface area (Å²) in [7, 11) is -4.40. The minimum absolute atomic E-state index is 0.0397. The second kappa shape index (κ2) is 45.0. The molecule has 0 aliphatic heterocycles. The highest BCUT2D eigenvalue weighted by Crippen LogP contribution is 2.43. The molecule has 0 saturated carbocycles. The number of nitrogens with two attached hydrogens (primary N) is 1. The topological polar surface area (TPSA) is 134 Å². The van der Waals surface area contributed by atoms with Gasteiger partial charge in [-0.25, -0.2) is 4.57 Å². The molecule has 0 aliphatic rings. The van der Waals surface area contributed by atoms with Gasteiger partial charge in [-0.3, -0.25) is 18.6 Å². The Morgan fingerprint density at radius 1 is 0.525 bits per heavy atom. The van der Waals surface area contributed by atoms with Gasteiger partial charge in [-0.2, -0.15) is 0 Å². The molecule has 0 saturated heterocycles. The van der Waals surface area contributed by atoms with Gasteiger partial charge >= 0.3 is 19.8 Å². The average molecular weight is 848 g/mol. The van der Waals surface area contributed by atoms with Crippen molar-refractivity contribution in [2.24, 2.45) is 5.73 Å². The van der Waals surface area contributed by atoms with Crippen molar-refractivity contribution in [2.45, 2.75) is 200 Å². The van der Waals surface area contributed by atoms with Crippen LogP contribution in [0.15, 0.2) is 72.9 Å². The number of hydrogen-bond donors (Lipinski definition) is 2. The predicted octanol–water partition coefficient (Wildman–Crippen LogP) is 13.8. The molecular formula is C49H86NO8P. The van der Waals surface area contributed by atoms with Crippen LogP contribution < -0.4 is 5.73 Å². The summed E-state index contributed by atoms with van der Waals surface area (Å²) in [5.74, 6) is -0.925. The van der Waals surface area contributed by atoms with E-state index in [0.717, 1.165) is 57.8 Å². The van der Waals surface area contributed by atoms with E-state index in [9.17, 15) is 19.0 Å². The van der Waals surface area contributed by atoms with E-state index < -0.39 is 32.5 Å². The first-order valence-corrected chi connectivity index (χ1v) is 24.9. The lowest BCUT2D eigenvalue weighted by Gasteiger charge is -2.19. The molecule has 0 aliphatic carbocycles. The Balaban J connectivity index is 4.21. The largest absolute Gasteiger partial charge is 0.472 e. The average Bonchev–Trinajstić information content (AvgIpc) is 3.22. The maximum absolute atomic E-state index is 12.6. The second-order valence-corrected chi connectivity index (χ2v) is 16.7. The summed E-state index contributed by atoms with van der Waals surface area (Å²) in [5.41, 5.74) is 5.35. The molecule has 59 heavy (non-hydrogen) atoms. The van der Waals surface area contributed by atoms with Crippen LogP contribution in [0, 0.1) is 0 Å². The van der Waals surface area contributed by atoms with Crippen molar-refractivity contribution in [3.05, 3.63) is 72.9 Å². The molecule has 0 aromatic rings. The minimum Gasteiger partial charge on any atom is -0.462 e. The van der Waals surface area contributed by atoms with Crippen molar-refractivity contribution in [3.8, 4) is 0 Å². The van der Waals surface area contributed by atoms with Gasteiger partial charge in [-0.05, 0) is 51.4 Å². The third-order valence-electron chi connectivity index (χ3n) is 9.62.